The lowest BCUT2D eigenvalue weighted by molar-refractivity contribution is -0.385. The lowest BCUT2D eigenvalue weighted by Gasteiger charge is -2.33. The number of nitro groups is 1. The minimum atomic E-state index is -0.890. The third kappa shape index (κ3) is 3.22. The molecule has 1 aliphatic rings. The van der Waals surface area contributed by atoms with Crippen LogP contribution in [0.4, 0.5) is 20.2 Å². The molecule has 5 nitrogen and oxygen atoms in total. The lowest BCUT2D eigenvalue weighted by Crippen LogP contribution is -2.35. The van der Waals surface area contributed by atoms with Crippen LogP contribution in [0.25, 0.3) is 0 Å². The molecule has 0 atom stereocenters. The quantitative estimate of drug-likeness (QED) is 0.487. The van der Waals surface area contributed by atoms with Crippen LogP contribution < -0.4 is 4.90 Å². The minimum absolute atomic E-state index is 0.179. The summed E-state index contributed by atoms with van der Waals surface area (Å²) in [7, 11) is -0.519. The molecule has 0 amide bonds. The van der Waals surface area contributed by atoms with Gasteiger partial charge in [0.25, 0.3) is 5.69 Å². The highest BCUT2D eigenvalue weighted by atomic mass is 31.1. The van der Waals surface area contributed by atoms with Crippen LogP contribution in [0.3, 0.4) is 0 Å². The van der Waals surface area contributed by atoms with Gasteiger partial charge in [-0.25, -0.2) is 8.78 Å². The number of hydrogen-bond donors (Lipinski definition) is 0. The summed E-state index contributed by atoms with van der Waals surface area (Å²) in [5.41, 5.74) is -0.751. The molecular formula is C12H15F2N2O3P. The molecule has 2 rings (SSSR count). The Hall–Kier alpha value is -1.33. The molecule has 0 spiro atoms. The van der Waals surface area contributed by atoms with Gasteiger partial charge in [-0.1, -0.05) is 0 Å². The molecule has 110 valence electrons. The summed E-state index contributed by atoms with van der Waals surface area (Å²) in [6.45, 7) is 3.56. The molecular weight excluding hydrogens is 289 g/mol. The van der Waals surface area contributed by atoms with Crippen molar-refractivity contribution in [1.29, 1.82) is 0 Å². The van der Waals surface area contributed by atoms with Gasteiger partial charge < -0.3 is 9.42 Å². The van der Waals surface area contributed by atoms with Crippen molar-refractivity contribution in [1.82, 2.24) is 0 Å². The molecule has 0 radical (unpaired) electrons. The molecule has 0 aromatic heterocycles. The summed E-state index contributed by atoms with van der Waals surface area (Å²) in [5, 5.41) is 10.6. The van der Waals surface area contributed by atoms with Gasteiger partial charge in [-0.05, 0) is 6.92 Å². The Morgan fingerprint density at radius 3 is 2.35 bits per heavy atom. The molecule has 1 fully saturated rings. The summed E-state index contributed by atoms with van der Waals surface area (Å²) < 4.78 is 33.3. The molecule has 1 heterocycles. The molecule has 0 aliphatic carbocycles. The molecule has 1 saturated heterocycles. The van der Waals surface area contributed by atoms with E-state index in [4.69, 9.17) is 4.52 Å². The fourth-order valence-corrected chi connectivity index (χ4v) is 3.96. The van der Waals surface area contributed by atoms with E-state index in [1.54, 1.807) is 4.90 Å². The van der Waals surface area contributed by atoms with Gasteiger partial charge >= 0.3 is 0 Å². The summed E-state index contributed by atoms with van der Waals surface area (Å²) in [5.74, 6) is -1.78. The number of halogens is 2. The summed E-state index contributed by atoms with van der Waals surface area (Å²) >= 11 is 0. The second-order valence-corrected chi connectivity index (χ2v) is 6.47. The first-order chi connectivity index (χ1) is 9.52. The Kier molecular flexibility index (Phi) is 4.83. The van der Waals surface area contributed by atoms with Gasteiger partial charge in [-0.15, -0.1) is 0 Å². The topological polar surface area (TPSA) is 55.6 Å². The number of anilines is 1. The first-order valence-electron chi connectivity index (χ1n) is 6.29. The molecule has 0 bridgehead atoms. The summed E-state index contributed by atoms with van der Waals surface area (Å²) in [6, 6.07) is 1.52. The lowest BCUT2D eigenvalue weighted by atomic mass is 10.2. The minimum Gasteiger partial charge on any atom is -0.366 e. The van der Waals surface area contributed by atoms with Gasteiger partial charge in [0.2, 0.25) is 0 Å². The number of benzene rings is 1. The van der Waals surface area contributed by atoms with Crippen LogP contribution in [0.1, 0.15) is 6.92 Å². The van der Waals surface area contributed by atoms with Crippen LogP contribution in [0.2, 0.25) is 0 Å². The van der Waals surface area contributed by atoms with E-state index in [1.165, 1.54) is 0 Å². The van der Waals surface area contributed by atoms with E-state index in [0.29, 0.717) is 19.7 Å². The number of non-ortho nitro benzene ring substituents is 1. The van der Waals surface area contributed by atoms with Gasteiger partial charge in [0, 0.05) is 40.2 Å². The smallest absolute Gasteiger partial charge is 0.275 e. The van der Waals surface area contributed by atoms with Crippen molar-refractivity contribution in [3.05, 3.63) is 33.9 Å². The monoisotopic (exact) mass is 304 g/mol. The summed E-state index contributed by atoms with van der Waals surface area (Å²) in [6.07, 6.45) is 1.50. The first-order valence-corrected chi connectivity index (χ1v) is 7.92. The van der Waals surface area contributed by atoms with Crippen molar-refractivity contribution >= 4 is 19.5 Å². The highest BCUT2D eigenvalue weighted by Crippen LogP contribution is 2.41. The summed E-state index contributed by atoms with van der Waals surface area (Å²) in [4.78, 5) is 11.3. The van der Waals surface area contributed by atoms with E-state index in [2.05, 4.69) is 0 Å². The van der Waals surface area contributed by atoms with E-state index in [9.17, 15) is 18.9 Å². The normalized spacial score (nSPS) is 16.4. The third-order valence-corrected chi connectivity index (χ3v) is 5.10. The van der Waals surface area contributed by atoms with E-state index in [-0.39, 0.29) is 5.69 Å². The van der Waals surface area contributed by atoms with Gasteiger partial charge in [0.15, 0.2) is 11.6 Å². The number of nitro benzene ring substituents is 1. The predicted octanol–water partition coefficient (Wildman–Crippen LogP) is 3.13. The van der Waals surface area contributed by atoms with E-state index in [0.717, 1.165) is 24.5 Å². The van der Waals surface area contributed by atoms with Gasteiger partial charge in [0.05, 0.1) is 17.1 Å². The Bertz CT molecular complexity index is 484. The number of rotatable bonds is 4. The van der Waals surface area contributed by atoms with Crippen molar-refractivity contribution in [2.24, 2.45) is 0 Å². The van der Waals surface area contributed by atoms with Crippen LogP contribution in [-0.2, 0) is 4.52 Å². The Labute approximate surface area is 116 Å². The van der Waals surface area contributed by atoms with E-state index < -0.39 is 30.4 Å². The van der Waals surface area contributed by atoms with Crippen molar-refractivity contribution < 1.29 is 18.2 Å². The Balaban J connectivity index is 2.16. The Morgan fingerprint density at radius 2 is 1.90 bits per heavy atom. The fourth-order valence-electron chi connectivity index (χ4n) is 2.18. The SMILES string of the molecule is CCOP1CCN(c2c(F)cc([N+](=O)[O-])cc2F)CC1. The third-order valence-electron chi connectivity index (χ3n) is 3.08. The van der Waals surface area contributed by atoms with Crippen molar-refractivity contribution in [3.8, 4) is 0 Å². The van der Waals surface area contributed by atoms with Gasteiger partial charge in [-0.3, -0.25) is 10.1 Å². The molecule has 0 N–H and O–H groups in total. The van der Waals surface area contributed by atoms with Crippen LogP contribution in [0, 0.1) is 21.7 Å². The van der Waals surface area contributed by atoms with Crippen molar-refractivity contribution in [2.75, 3.05) is 36.9 Å². The molecule has 1 aromatic rings. The van der Waals surface area contributed by atoms with Crippen molar-refractivity contribution in [2.45, 2.75) is 6.92 Å². The molecule has 1 aromatic carbocycles. The fraction of sp³-hybridized carbons (Fsp3) is 0.500. The van der Waals surface area contributed by atoms with Gasteiger partial charge in [-0.2, -0.15) is 0 Å². The van der Waals surface area contributed by atoms with E-state index in [1.807, 2.05) is 6.92 Å². The van der Waals surface area contributed by atoms with Crippen LogP contribution in [0.15, 0.2) is 12.1 Å². The van der Waals surface area contributed by atoms with Crippen LogP contribution >= 0.6 is 8.15 Å². The van der Waals surface area contributed by atoms with E-state index >= 15 is 0 Å². The first kappa shape index (κ1) is 15.1. The maximum absolute atomic E-state index is 13.9. The second-order valence-electron chi connectivity index (χ2n) is 4.35. The maximum atomic E-state index is 13.9. The molecule has 20 heavy (non-hydrogen) atoms. The zero-order chi connectivity index (χ0) is 14.7. The number of nitrogens with zero attached hydrogens (tertiary/aromatic N) is 2. The molecule has 0 unspecified atom stereocenters. The standard InChI is InChI=1S/C12H15F2N2O3P/c1-2-19-20-5-3-15(4-6-20)12-10(13)7-9(16(17)18)8-11(12)14/h7-8H,2-6H2,1H3. The van der Waals surface area contributed by atoms with Gasteiger partial charge in [0.1, 0.15) is 5.69 Å². The largest absolute Gasteiger partial charge is 0.366 e. The highest BCUT2D eigenvalue weighted by molar-refractivity contribution is 7.52. The average Bonchev–Trinajstić information content (AvgIpc) is 2.40. The molecule has 8 heteroatoms. The highest BCUT2D eigenvalue weighted by Gasteiger charge is 2.26. The Morgan fingerprint density at radius 1 is 1.35 bits per heavy atom. The predicted molar refractivity (Wildman–Crippen MR) is 73.5 cm³/mol. The molecule has 0 saturated carbocycles. The second kappa shape index (κ2) is 6.41. The zero-order valence-corrected chi connectivity index (χ0v) is 11.9. The van der Waals surface area contributed by atoms with Crippen LogP contribution in [-0.4, -0.2) is 36.9 Å². The zero-order valence-electron chi connectivity index (χ0n) is 11.0. The molecule has 1 aliphatic heterocycles. The maximum Gasteiger partial charge on any atom is 0.275 e. The number of hydrogen-bond acceptors (Lipinski definition) is 4. The van der Waals surface area contributed by atoms with Crippen LogP contribution in [0.5, 0.6) is 0 Å². The average molecular weight is 304 g/mol. The van der Waals surface area contributed by atoms with Crippen molar-refractivity contribution in [3.63, 3.8) is 0 Å².